The molecule has 3 heterocycles. The van der Waals surface area contributed by atoms with E-state index in [2.05, 4.69) is 27.3 Å². The molecule has 2 aromatic rings. The van der Waals surface area contributed by atoms with Gasteiger partial charge < -0.3 is 15.0 Å². The highest BCUT2D eigenvalue weighted by molar-refractivity contribution is 7.13. The van der Waals surface area contributed by atoms with E-state index in [1.54, 1.807) is 11.3 Å². The summed E-state index contributed by atoms with van der Waals surface area (Å²) in [5, 5.41) is 6.34. The number of nitrogens with zero attached hydrogens (tertiary/aromatic N) is 2. The van der Waals surface area contributed by atoms with Gasteiger partial charge in [0.25, 0.3) is 0 Å². The fourth-order valence-electron chi connectivity index (χ4n) is 4.16. The van der Waals surface area contributed by atoms with E-state index < -0.39 is 5.41 Å². The number of hydrogen-bond donors (Lipinski definition) is 1. The van der Waals surface area contributed by atoms with Gasteiger partial charge in [-0.3, -0.25) is 4.79 Å². The summed E-state index contributed by atoms with van der Waals surface area (Å²) in [6.07, 6.45) is 5.58. The van der Waals surface area contributed by atoms with E-state index in [1.165, 1.54) is 0 Å². The summed E-state index contributed by atoms with van der Waals surface area (Å²) in [6.45, 7) is 2.97. The molecule has 2 aliphatic rings. The molecule has 1 aromatic heterocycles. The molecule has 2 fully saturated rings. The number of hydrogen-bond acceptors (Lipinski definition) is 5. The zero-order valence-electron chi connectivity index (χ0n) is 14.9. The minimum absolute atomic E-state index is 0.137. The first-order valence-corrected chi connectivity index (χ1v) is 10.3. The Balaban J connectivity index is 1.47. The van der Waals surface area contributed by atoms with Crippen LogP contribution < -0.4 is 10.2 Å². The molecule has 0 aliphatic carbocycles. The summed E-state index contributed by atoms with van der Waals surface area (Å²) >= 11 is 1.67. The molecule has 1 unspecified atom stereocenters. The molecular weight excluding hydrogens is 346 g/mol. The summed E-state index contributed by atoms with van der Waals surface area (Å²) < 4.78 is 5.55. The van der Waals surface area contributed by atoms with E-state index in [1.807, 2.05) is 29.8 Å². The van der Waals surface area contributed by atoms with Crippen LogP contribution >= 0.6 is 11.3 Å². The van der Waals surface area contributed by atoms with Gasteiger partial charge >= 0.3 is 0 Å². The number of amides is 1. The monoisotopic (exact) mass is 371 g/mol. The molecule has 1 N–H and O–H groups in total. The smallest absolute Gasteiger partial charge is 0.230 e. The highest BCUT2D eigenvalue weighted by Gasteiger charge is 2.42. The van der Waals surface area contributed by atoms with Crippen molar-refractivity contribution in [1.29, 1.82) is 0 Å². The molecule has 2 aliphatic heterocycles. The molecule has 2 saturated heterocycles. The summed E-state index contributed by atoms with van der Waals surface area (Å²) in [7, 11) is 0. The minimum Gasteiger partial charge on any atom is -0.381 e. The zero-order chi connectivity index (χ0) is 17.8. The first kappa shape index (κ1) is 17.5. The number of benzene rings is 1. The van der Waals surface area contributed by atoms with Gasteiger partial charge in [0.15, 0.2) is 5.13 Å². The van der Waals surface area contributed by atoms with Crippen LogP contribution in [-0.4, -0.2) is 43.2 Å². The van der Waals surface area contributed by atoms with Gasteiger partial charge in [-0.2, -0.15) is 0 Å². The maximum atomic E-state index is 13.3. The Kier molecular flexibility index (Phi) is 5.22. The van der Waals surface area contributed by atoms with E-state index in [4.69, 9.17) is 4.74 Å². The number of aromatic nitrogens is 1. The molecule has 4 rings (SSSR count). The molecule has 5 nitrogen and oxygen atoms in total. The van der Waals surface area contributed by atoms with Crippen molar-refractivity contribution >= 4 is 22.4 Å². The van der Waals surface area contributed by atoms with Crippen LogP contribution in [-0.2, 0) is 14.9 Å². The number of carbonyl (C=O) groups is 1. The van der Waals surface area contributed by atoms with Gasteiger partial charge in [-0.25, -0.2) is 4.98 Å². The molecule has 0 radical (unpaired) electrons. The Morgan fingerprint density at radius 1 is 1.31 bits per heavy atom. The molecule has 1 atom stereocenters. The largest absolute Gasteiger partial charge is 0.381 e. The van der Waals surface area contributed by atoms with Crippen LogP contribution in [0.5, 0.6) is 0 Å². The van der Waals surface area contributed by atoms with Crippen LogP contribution in [0.1, 0.15) is 31.2 Å². The molecule has 0 saturated carbocycles. The van der Waals surface area contributed by atoms with Crippen LogP contribution in [0.2, 0.25) is 0 Å². The van der Waals surface area contributed by atoms with Gasteiger partial charge in [0.1, 0.15) is 0 Å². The van der Waals surface area contributed by atoms with Gasteiger partial charge in [0.05, 0.1) is 5.41 Å². The van der Waals surface area contributed by atoms with Crippen molar-refractivity contribution in [3.63, 3.8) is 0 Å². The third-order valence-corrected chi connectivity index (χ3v) is 6.46. The molecule has 0 bridgehead atoms. The number of thiazole rings is 1. The molecule has 0 spiro atoms. The van der Waals surface area contributed by atoms with Crippen molar-refractivity contribution in [3.05, 3.63) is 47.5 Å². The van der Waals surface area contributed by atoms with E-state index in [9.17, 15) is 4.79 Å². The fraction of sp³-hybridized carbons (Fsp3) is 0.500. The molecule has 138 valence electrons. The van der Waals surface area contributed by atoms with Gasteiger partial charge in [-0.1, -0.05) is 30.3 Å². The lowest BCUT2D eigenvalue weighted by atomic mass is 9.73. The second-order valence-corrected chi connectivity index (χ2v) is 7.95. The maximum absolute atomic E-state index is 13.3. The van der Waals surface area contributed by atoms with Crippen LogP contribution in [0.25, 0.3) is 0 Å². The van der Waals surface area contributed by atoms with Crippen LogP contribution in [0.4, 0.5) is 5.13 Å². The number of anilines is 1. The number of nitrogens with one attached hydrogen (secondary N) is 1. The summed E-state index contributed by atoms with van der Waals surface area (Å²) in [5.74, 6) is 0.137. The topological polar surface area (TPSA) is 54.5 Å². The summed E-state index contributed by atoms with van der Waals surface area (Å²) in [4.78, 5) is 20.1. The van der Waals surface area contributed by atoms with Crippen molar-refractivity contribution in [1.82, 2.24) is 10.3 Å². The molecule has 6 heteroatoms. The first-order valence-electron chi connectivity index (χ1n) is 9.37. The summed E-state index contributed by atoms with van der Waals surface area (Å²) in [6, 6.07) is 10.5. The quantitative estimate of drug-likeness (QED) is 0.878. The molecule has 26 heavy (non-hydrogen) atoms. The Morgan fingerprint density at radius 3 is 2.85 bits per heavy atom. The van der Waals surface area contributed by atoms with Crippen molar-refractivity contribution in [2.75, 3.05) is 31.2 Å². The third-order valence-electron chi connectivity index (χ3n) is 5.65. The fourth-order valence-corrected chi connectivity index (χ4v) is 4.90. The third kappa shape index (κ3) is 3.35. The number of ether oxygens (including phenoxy) is 1. The lowest BCUT2D eigenvalue weighted by molar-refractivity contribution is -0.130. The lowest BCUT2D eigenvalue weighted by Crippen LogP contribution is -2.51. The molecular formula is C20H25N3O2S. The first-order chi connectivity index (χ1) is 12.8. The highest BCUT2D eigenvalue weighted by Crippen LogP contribution is 2.35. The Labute approximate surface area is 158 Å². The van der Waals surface area contributed by atoms with Crippen molar-refractivity contribution in [2.24, 2.45) is 0 Å². The van der Waals surface area contributed by atoms with Crippen molar-refractivity contribution < 1.29 is 9.53 Å². The van der Waals surface area contributed by atoms with Gasteiger partial charge in [0.2, 0.25) is 5.91 Å². The summed E-state index contributed by atoms with van der Waals surface area (Å²) in [5.41, 5.74) is 0.633. The van der Waals surface area contributed by atoms with Crippen LogP contribution in [0.15, 0.2) is 41.9 Å². The van der Waals surface area contributed by atoms with Crippen LogP contribution in [0.3, 0.4) is 0 Å². The number of rotatable bonds is 5. The van der Waals surface area contributed by atoms with Crippen molar-refractivity contribution in [2.45, 2.75) is 37.1 Å². The number of carbonyl (C=O) groups excluding carboxylic acids is 1. The second-order valence-electron chi connectivity index (χ2n) is 7.07. The van der Waals surface area contributed by atoms with E-state index in [-0.39, 0.29) is 5.91 Å². The average Bonchev–Trinajstić information content (AvgIpc) is 3.38. The average molecular weight is 372 g/mol. The Hall–Kier alpha value is -1.92. The predicted octanol–water partition coefficient (Wildman–Crippen LogP) is 2.98. The Bertz CT molecular complexity index is 714. The highest BCUT2D eigenvalue weighted by atomic mass is 32.1. The standard InChI is InChI=1S/C20H25N3O2S/c24-18(20(8-12-25-13-9-20)16-5-2-1-3-6-16)22-15-17-7-4-11-23(17)19-21-10-14-26-19/h1-3,5-6,10,14,17H,4,7-9,11-13,15H2,(H,22,24). The Morgan fingerprint density at radius 2 is 2.12 bits per heavy atom. The van der Waals surface area contributed by atoms with E-state index in [0.29, 0.717) is 25.8 Å². The van der Waals surface area contributed by atoms with E-state index in [0.717, 1.165) is 42.9 Å². The minimum atomic E-state index is -0.468. The molecule has 1 amide bonds. The second kappa shape index (κ2) is 7.76. The van der Waals surface area contributed by atoms with Gasteiger partial charge in [-0.05, 0) is 31.2 Å². The lowest BCUT2D eigenvalue weighted by Gasteiger charge is -2.37. The predicted molar refractivity (Wildman–Crippen MR) is 104 cm³/mol. The molecule has 1 aromatic carbocycles. The van der Waals surface area contributed by atoms with Gasteiger partial charge in [-0.15, -0.1) is 11.3 Å². The van der Waals surface area contributed by atoms with Crippen LogP contribution in [0, 0.1) is 0 Å². The van der Waals surface area contributed by atoms with E-state index >= 15 is 0 Å². The normalized spacial score (nSPS) is 22.3. The SMILES string of the molecule is O=C(NCC1CCCN1c1nccs1)C1(c2ccccc2)CCOCC1. The maximum Gasteiger partial charge on any atom is 0.230 e. The zero-order valence-corrected chi connectivity index (χ0v) is 15.7. The van der Waals surface area contributed by atoms with Gasteiger partial charge in [0, 0.05) is 43.9 Å². The van der Waals surface area contributed by atoms with Crippen molar-refractivity contribution in [3.8, 4) is 0 Å².